The van der Waals surface area contributed by atoms with Gasteiger partial charge in [0.2, 0.25) is 15.9 Å². The van der Waals surface area contributed by atoms with E-state index >= 15 is 0 Å². The summed E-state index contributed by atoms with van der Waals surface area (Å²) in [4.78, 5) is 16.6. The van der Waals surface area contributed by atoms with Crippen LogP contribution in [-0.4, -0.2) is 111 Å². The minimum atomic E-state index is -4.07. The number of aliphatic hydroxyl groups excluding tert-OH is 1. The zero-order chi connectivity index (χ0) is 23.6. The third kappa shape index (κ3) is 5.72. The fourth-order valence-corrected chi connectivity index (χ4v) is 6.46. The van der Waals surface area contributed by atoms with Crippen LogP contribution in [0.1, 0.15) is 19.3 Å². The second-order valence-electron chi connectivity index (χ2n) is 9.05. The molecule has 11 heteroatoms. The standard InChI is InChI=1S/C22H32FN3O6S/c1-24-7-9-25(10-8-24)22(28)12-18-5-6-20-21(32-18)15-31-14-17(27)13-26(20)33(29,30)19-4-2-3-16(23)11-19/h2-4,11,17-18,20-21,27H,5-10,12-15H2,1H3/t17-,18-,20-,21+/m1/s1. The number of nitrogens with zero attached hydrogens (tertiary/aromatic N) is 3. The van der Waals surface area contributed by atoms with Crippen LogP contribution in [0.2, 0.25) is 0 Å². The van der Waals surface area contributed by atoms with Crippen molar-refractivity contribution in [1.82, 2.24) is 14.1 Å². The number of likely N-dealkylation sites (N-methyl/N-ethyl adjacent to an activating group) is 1. The summed E-state index contributed by atoms with van der Waals surface area (Å²) in [6, 6.07) is 4.27. The van der Waals surface area contributed by atoms with Crippen molar-refractivity contribution in [2.75, 3.05) is 53.0 Å². The van der Waals surface area contributed by atoms with Crippen molar-refractivity contribution in [3.05, 3.63) is 30.1 Å². The first kappa shape index (κ1) is 24.5. The average Bonchev–Trinajstić information content (AvgIpc) is 2.77. The summed E-state index contributed by atoms with van der Waals surface area (Å²) in [7, 11) is -2.04. The van der Waals surface area contributed by atoms with Crippen LogP contribution >= 0.6 is 0 Å². The number of aliphatic hydroxyl groups is 1. The van der Waals surface area contributed by atoms with Crippen LogP contribution in [0.3, 0.4) is 0 Å². The van der Waals surface area contributed by atoms with Gasteiger partial charge in [-0.1, -0.05) is 6.07 Å². The summed E-state index contributed by atoms with van der Waals surface area (Å²) in [5.74, 6) is -0.607. The molecule has 9 nitrogen and oxygen atoms in total. The fraction of sp³-hybridized carbons (Fsp3) is 0.682. The zero-order valence-corrected chi connectivity index (χ0v) is 19.6. The predicted molar refractivity (Wildman–Crippen MR) is 117 cm³/mol. The number of sulfonamides is 1. The van der Waals surface area contributed by atoms with E-state index < -0.39 is 34.1 Å². The molecule has 3 aliphatic heterocycles. The molecule has 3 aliphatic rings. The normalized spacial score (nSPS) is 30.3. The quantitative estimate of drug-likeness (QED) is 0.654. The number of amides is 1. The first-order valence-electron chi connectivity index (χ1n) is 11.4. The van der Waals surface area contributed by atoms with E-state index in [0.29, 0.717) is 25.9 Å². The molecule has 0 unspecified atom stereocenters. The first-order valence-corrected chi connectivity index (χ1v) is 12.8. The first-order chi connectivity index (χ1) is 15.7. The van der Waals surface area contributed by atoms with Crippen molar-refractivity contribution in [2.45, 2.75) is 48.5 Å². The fourth-order valence-electron chi connectivity index (χ4n) is 4.71. The second-order valence-corrected chi connectivity index (χ2v) is 10.9. The number of rotatable bonds is 4. The molecule has 0 saturated carbocycles. The van der Waals surface area contributed by atoms with Gasteiger partial charge in [-0.2, -0.15) is 4.31 Å². The number of hydrogen-bond acceptors (Lipinski definition) is 7. The van der Waals surface area contributed by atoms with E-state index in [-0.39, 0.29) is 43.1 Å². The lowest BCUT2D eigenvalue weighted by atomic mass is 9.96. The van der Waals surface area contributed by atoms with E-state index in [1.165, 1.54) is 22.5 Å². The number of carbonyl (C=O) groups excluding carboxylic acids is 1. The molecule has 3 fully saturated rings. The van der Waals surface area contributed by atoms with Crippen LogP contribution in [0.4, 0.5) is 4.39 Å². The molecule has 184 valence electrons. The number of hydrogen-bond donors (Lipinski definition) is 1. The summed E-state index contributed by atoms with van der Waals surface area (Å²) in [6.07, 6.45) is -0.718. The van der Waals surface area contributed by atoms with E-state index in [2.05, 4.69) is 4.90 Å². The summed E-state index contributed by atoms with van der Waals surface area (Å²) >= 11 is 0. The largest absolute Gasteiger partial charge is 0.389 e. The Kier molecular flexibility index (Phi) is 7.66. The second kappa shape index (κ2) is 10.3. The van der Waals surface area contributed by atoms with Crippen molar-refractivity contribution in [3.8, 4) is 0 Å². The molecule has 0 spiro atoms. The molecule has 0 radical (unpaired) electrons. The van der Waals surface area contributed by atoms with E-state index in [9.17, 15) is 22.7 Å². The number of carbonyl (C=O) groups is 1. The molecule has 0 aliphatic carbocycles. The molecule has 3 heterocycles. The Bertz CT molecular complexity index is 940. The van der Waals surface area contributed by atoms with Gasteiger partial charge in [0.05, 0.1) is 48.9 Å². The molecule has 33 heavy (non-hydrogen) atoms. The molecular weight excluding hydrogens is 453 g/mol. The Morgan fingerprint density at radius 3 is 2.67 bits per heavy atom. The van der Waals surface area contributed by atoms with Crippen LogP contribution in [0.15, 0.2) is 29.2 Å². The maximum atomic E-state index is 13.8. The Morgan fingerprint density at radius 2 is 1.94 bits per heavy atom. The Labute approximate surface area is 194 Å². The van der Waals surface area contributed by atoms with Gasteiger partial charge in [0.15, 0.2) is 0 Å². The topological polar surface area (TPSA) is 99.6 Å². The van der Waals surface area contributed by atoms with Gasteiger partial charge < -0.3 is 24.4 Å². The molecular formula is C22H32FN3O6S. The monoisotopic (exact) mass is 485 g/mol. The van der Waals surface area contributed by atoms with Gasteiger partial charge >= 0.3 is 0 Å². The number of benzene rings is 1. The van der Waals surface area contributed by atoms with Crippen molar-refractivity contribution in [1.29, 1.82) is 0 Å². The Morgan fingerprint density at radius 1 is 1.18 bits per heavy atom. The number of β-amino-alcohol motifs (C(OH)–C–C–N with tert-alkyl or cyclic N) is 1. The van der Waals surface area contributed by atoms with Gasteiger partial charge in [0.1, 0.15) is 5.82 Å². The van der Waals surface area contributed by atoms with Gasteiger partial charge in [-0.05, 0) is 38.1 Å². The van der Waals surface area contributed by atoms with Crippen molar-refractivity contribution in [2.24, 2.45) is 0 Å². The summed E-state index contributed by atoms with van der Waals surface area (Å²) in [6.45, 7) is 2.95. The van der Waals surface area contributed by atoms with E-state index in [4.69, 9.17) is 9.47 Å². The molecule has 4 atom stereocenters. The molecule has 1 aromatic carbocycles. The SMILES string of the molecule is CN1CCN(C(=O)C[C@H]2CC[C@@H]3[C@H](COC[C@H](O)CN3S(=O)(=O)c3cccc(F)c3)O2)CC1. The minimum Gasteiger partial charge on any atom is -0.389 e. The van der Waals surface area contributed by atoms with E-state index in [1.54, 1.807) is 0 Å². The van der Waals surface area contributed by atoms with Crippen LogP contribution in [0, 0.1) is 5.82 Å². The number of fused-ring (bicyclic) bond motifs is 1. The number of piperazine rings is 1. The van der Waals surface area contributed by atoms with Gasteiger partial charge in [-0.15, -0.1) is 0 Å². The van der Waals surface area contributed by atoms with E-state index in [0.717, 1.165) is 19.2 Å². The molecule has 1 N–H and O–H groups in total. The highest BCUT2D eigenvalue weighted by Gasteiger charge is 2.43. The van der Waals surface area contributed by atoms with Crippen LogP contribution in [-0.2, 0) is 24.3 Å². The molecule has 0 aromatic heterocycles. The van der Waals surface area contributed by atoms with Crippen molar-refractivity contribution >= 4 is 15.9 Å². The van der Waals surface area contributed by atoms with Gasteiger partial charge in [-0.25, -0.2) is 12.8 Å². The third-order valence-electron chi connectivity index (χ3n) is 6.59. The highest BCUT2D eigenvalue weighted by atomic mass is 32.2. The summed E-state index contributed by atoms with van der Waals surface area (Å²) in [5, 5.41) is 10.3. The third-order valence-corrected chi connectivity index (χ3v) is 8.48. The molecule has 1 amide bonds. The maximum absolute atomic E-state index is 13.8. The van der Waals surface area contributed by atoms with Crippen LogP contribution in [0.25, 0.3) is 0 Å². The molecule has 4 rings (SSSR count). The van der Waals surface area contributed by atoms with Gasteiger partial charge in [-0.3, -0.25) is 4.79 Å². The Balaban J connectivity index is 1.48. The molecule has 0 bridgehead atoms. The van der Waals surface area contributed by atoms with Crippen LogP contribution < -0.4 is 0 Å². The predicted octanol–water partition coefficient (Wildman–Crippen LogP) is 0.288. The maximum Gasteiger partial charge on any atom is 0.243 e. The highest BCUT2D eigenvalue weighted by molar-refractivity contribution is 7.89. The lowest BCUT2D eigenvalue weighted by Gasteiger charge is -2.44. The smallest absolute Gasteiger partial charge is 0.243 e. The van der Waals surface area contributed by atoms with Crippen molar-refractivity contribution in [3.63, 3.8) is 0 Å². The summed E-state index contributed by atoms with van der Waals surface area (Å²) < 4.78 is 53.5. The lowest BCUT2D eigenvalue weighted by Crippen LogP contribution is -2.57. The molecule has 3 saturated heterocycles. The minimum absolute atomic E-state index is 0.0351. The highest BCUT2D eigenvalue weighted by Crippen LogP contribution is 2.32. The average molecular weight is 486 g/mol. The zero-order valence-electron chi connectivity index (χ0n) is 18.8. The number of ether oxygens (including phenoxy) is 2. The van der Waals surface area contributed by atoms with E-state index in [1.807, 2.05) is 11.9 Å². The van der Waals surface area contributed by atoms with Gasteiger partial charge in [0, 0.05) is 32.7 Å². The van der Waals surface area contributed by atoms with Crippen molar-refractivity contribution < 1.29 is 32.2 Å². The number of halogens is 1. The molecule has 1 aromatic rings. The van der Waals surface area contributed by atoms with Gasteiger partial charge in [0.25, 0.3) is 0 Å². The Hall–Kier alpha value is -1.63. The lowest BCUT2D eigenvalue weighted by molar-refractivity contribution is -0.152. The summed E-state index contributed by atoms with van der Waals surface area (Å²) in [5.41, 5.74) is 0. The van der Waals surface area contributed by atoms with Crippen LogP contribution in [0.5, 0.6) is 0 Å².